The molecule has 110 valence electrons. The molecule has 1 heterocycles. The zero-order valence-corrected chi connectivity index (χ0v) is 11.5. The fourth-order valence-electron chi connectivity index (χ4n) is 2.42. The first-order valence-corrected chi connectivity index (χ1v) is 6.78. The van der Waals surface area contributed by atoms with E-state index >= 15 is 0 Å². The fraction of sp³-hybridized carbons (Fsp3) is 0.667. The maximum atomic E-state index is 11.1. The van der Waals surface area contributed by atoms with Gasteiger partial charge in [-0.25, -0.2) is 10.8 Å². The lowest BCUT2D eigenvalue weighted by Gasteiger charge is -2.16. The predicted molar refractivity (Wildman–Crippen MR) is 73.4 cm³/mol. The molecule has 0 aromatic carbocycles. The van der Waals surface area contributed by atoms with E-state index in [2.05, 4.69) is 15.4 Å². The van der Waals surface area contributed by atoms with Gasteiger partial charge in [0.15, 0.2) is 0 Å². The molecule has 0 spiro atoms. The van der Waals surface area contributed by atoms with Crippen molar-refractivity contribution in [2.45, 2.75) is 51.6 Å². The van der Waals surface area contributed by atoms with Crippen LogP contribution in [0.5, 0.6) is 5.88 Å². The summed E-state index contributed by atoms with van der Waals surface area (Å²) in [7, 11) is 0. The minimum absolute atomic E-state index is 0.00218. The topological polar surface area (TPSA) is 116 Å². The van der Waals surface area contributed by atoms with Gasteiger partial charge in [0.05, 0.1) is 4.92 Å². The van der Waals surface area contributed by atoms with Crippen LogP contribution in [0.15, 0.2) is 0 Å². The molecule has 0 aliphatic heterocycles. The molecule has 0 bridgehead atoms. The van der Waals surface area contributed by atoms with Crippen molar-refractivity contribution in [2.75, 3.05) is 5.43 Å². The Hall–Kier alpha value is -1.96. The molecular weight excluding hydrogens is 262 g/mol. The SMILES string of the molecule is Cc1nc(NN)nc(OC2CCCCCC2)c1[N+](=O)[O-]. The Bertz CT molecular complexity index is 486. The van der Waals surface area contributed by atoms with Crippen LogP contribution in [0.2, 0.25) is 0 Å². The van der Waals surface area contributed by atoms with Crippen LogP contribution < -0.4 is 16.0 Å². The Morgan fingerprint density at radius 3 is 2.50 bits per heavy atom. The Morgan fingerprint density at radius 1 is 1.30 bits per heavy atom. The van der Waals surface area contributed by atoms with E-state index in [1.54, 1.807) is 6.92 Å². The number of anilines is 1. The fourth-order valence-corrected chi connectivity index (χ4v) is 2.42. The Morgan fingerprint density at radius 2 is 1.95 bits per heavy atom. The van der Waals surface area contributed by atoms with E-state index < -0.39 is 4.92 Å². The summed E-state index contributed by atoms with van der Waals surface area (Å²) in [6, 6.07) is 0. The Balaban J connectivity index is 2.27. The van der Waals surface area contributed by atoms with E-state index in [0.717, 1.165) is 25.7 Å². The summed E-state index contributed by atoms with van der Waals surface area (Å²) in [4.78, 5) is 18.5. The highest BCUT2D eigenvalue weighted by Crippen LogP contribution is 2.31. The first-order valence-electron chi connectivity index (χ1n) is 6.78. The predicted octanol–water partition coefficient (Wildman–Crippen LogP) is 2.08. The van der Waals surface area contributed by atoms with Crippen molar-refractivity contribution in [3.05, 3.63) is 15.8 Å². The molecule has 1 fully saturated rings. The number of aromatic nitrogens is 2. The summed E-state index contributed by atoms with van der Waals surface area (Å²) in [5.74, 6) is 5.40. The number of nitrogens with one attached hydrogen (secondary N) is 1. The third-order valence-corrected chi connectivity index (χ3v) is 3.42. The molecule has 8 heteroatoms. The number of nitrogens with zero attached hydrogens (tertiary/aromatic N) is 3. The smallest absolute Gasteiger partial charge is 0.352 e. The largest absolute Gasteiger partial charge is 0.469 e. The number of aryl methyl sites for hydroxylation is 1. The highest BCUT2D eigenvalue weighted by molar-refractivity contribution is 5.48. The van der Waals surface area contributed by atoms with Crippen molar-refractivity contribution in [1.82, 2.24) is 9.97 Å². The average molecular weight is 281 g/mol. The van der Waals surface area contributed by atoms with E-state index in [4.69, 9.17) is 10.6 Å². The van der Waals surface area contributed by atoms with Crippen LogP contribution in [0, 0.1) is 17.0 Å². The van der Waals surface area contributed by atoms with Gasteiger partial charge in [-0.2, -0.15) is 4.98 Å². The lowest BCUT2D eigenvalue weighted by atomic mass is 10.1. The minimum atomic E-state index is -0.512. The van der Waals surface area contributed by atoms with Crippen LogP contribution in [0.25, 0.3) is 0 Å². The zero-order chi connectivity index (χ0) is 14.5. The van der Waals surface area contributed by atoms with Gasteiger partial charge in [0.25, 0.3) is 5.88 Å². The molecule has 20 heavy (non-hydrogen) atoms. The molecule has 1 aliphatic carbocycles. The van der Waals surface area contributed by atoms with Crippen LogP contribution >= 0.6 is 0 Å². The van der Waals surface area contributed by atoms with Gasteiger partial charge >= 0.3 is 5.69 Å². The molecule has 1 aliphatic rings. The van der Waals surface area contributed by atoms with Crippen molar-refractivity contribution in [2.24, 2.45) is 5.84 Å². The monoisotopic (exact) mass is 281 g/mol. The molecule has 0 radical (unpaired) electrons. The third-order valence-electron chi connectivity index (χ3n) is 3.42. The molecule has 3 N–H and O–H groups in total. The van der Waals surface area contributed by atoms with Crippen LogP contribution in [-0.2, 0) is 0 Å². The summed E-state index contributed by atoms with van der Waals surface area (Å²) < 4.78 is 5.76. The van der Waals surface area contributed by atoms with E-state index in [0.29, 0.717) is 0 Å². The summed E-state index contributed by atoms with van der Waals surface area (Å²) in [5.41, 5.74) is 2.35. The van der Waals surface area contributed by atoms with Crippen molar-refractivity contribution in [3.63, 3.8) is 0 Å². The van der Waals surface area contributed by atoms with Gasteiger partial charge < -0.3 is 4.74 Å². The second kappa shape index (κ2) is 6.47. The number of hydrazine groups is 1. The molecule has 0 unspecified atom stereocenters. The van der Waals surface area contributed by atoms with Gasteiger partial charge in [-0.05, 0) is 32.6 Å². The molecule has 1 aromatic rings. The van der Waals surface area contributed by atoms with E-state index in [1.807, 2.05) is 0 Å². The summed E-state index contributed by atoms with van der Waals surface area (Å²) >= 11 is 0. The summed E-state index contributed by atoms with van der Waals surface area (Å²) in [5, 5.41) is 11.1. The number of rotatable bonds is 4. The molecule has 8 nitrogen and oxygen atoms in total. The Labute approximate surface area is 116 Å². The van der Waals surface area contributed by atoms with Crippen LogP contribution in [-0.4, -0.2) is 21.0 Å². The van der Waals surface area contributed by atoms with Crippen molar-refractivity contribution in [1.29, 1.82) is 0 Å². The standard InChI is InChI=1S/C12H19N5O3/c1-8-10(17(18)19)11(15-12(14-8)16-13)20-9-6-4-2-3-5-7-9/h9H,2-7,13H2,1H3,(H,14,15,16). The highest BCUT2D eigenvalue weighted by atomic mass is 16.6. The Kier molecular flexibility index (Phi) is 4.67. The molecule has 2 rings (SSSR count). The van der Waals surface area contributed by atoms with E-state index in [9.17, 15) is 10.1 Å². The number of nitrogens with two attached hydrogens (primary N) is 1. The van der Waals surface area contributed by atoms with Crippen LogP contribution in [0.1, 0.15) is 44.2 Å². The number of ether oxygens (including phenoxy) is 1. The summed E-state index contributed by atoms with van der Waals surface area (Å²) in [6.07, 6.45) is 6.27. The lowest BCUT2D eigenvalue weighted by molar-refractivity contribution is -0.387. The third kappa shape index (κ3) is 3.32. The highest BCUT2D eigenvalue weighted by Gasteiger charge is 2.26. The van der Waals surface area contributed by atoms with Gasteiger partial charge in [0.2, 0.25) is 5.95 Å². The minimum Gasteiger partial charge on any atom is -0.469 e. The zero-order valence-electron chi connectivity index (χ0n) is 11.5. The van der Waals surface area contributed by atoms with E-state index in [-0.39, 0.29) is 29.3 Å². The first kappa shape index (κ1) is 14.4. The normalized spacial score (nSPS) is 16.5. The molecule has 1 saturated carbocycles. The number of nitro groups is 1. The van der Waals surface area contributed by atoms with Gasteiger partial charge in [0.1, 0.15) is 11.8 Å². The number of nitrogen functional groups attached to an aromatic ring is 1. The van der Waals surface area contributed by atoms with Crippen molar-refractivity contribution < 1.29 is 9.66 Å². The van der Waals surface area contributed by atoms with E-state index in [1.165, 1.54) is 12.8 Å². The second-order valence-electron chi connectivity index (χ2n) is 4.92. The van der Waals surface area contributed by atoms with Gasteiger partial charge in [-0.1, -0.05) is 12.8 Å². The maximum Gasteiger partial charge on any atom is 0.352 e. The lowest BCUT2D eigenvalue weighted by Crippen LogP contribution is -2.19. The van der Waals surface area contributed by atoms with Gasteiger partial charge in [0, 0.05) is 0 Å². The molecule has 0 atom stereocenters. The first-order chi connectivity index (χ1) is 9.61. The summed E-state index contributed by atoms with van der Waals surface area (Å²) in [6.45, 7) is 1.54. The van der Waals surface area contributed by atoms with Crippen molar-refractivity contribution in [3.8, 4) is 5.88 Å². The number of hydrogen-bond acceptors (Lipinski definition) is 7. The number of hydrogen-bond donors (Lipinski definition) is 2. The molecular formula is C12H19N5O3. The van der Waals surface area contributed by atoms with Gasteiger partial charge in [-0.3, -0.25) is 15.5 Å². The van der Waals surface area contributed by atoms with Crippen molar-refractivity contribution >= 4 is 11.6 Å². The second-order valence-corrected chi connectivity index (χ2v) is 4.92. The quantitative estimate of drug-likeness (QED) is 0.375. The maximum absolute atomic E-state index is 11.1. The van der Waals surface area contributed by atoms with Gasteiger partial charge in [-0.15, -0.1) is 0 Å². The molecule has 0 amide bonds. The van der Waals surface area contributed by atoms with Crippen LogP contribution in [0.3, 0.4) is 0 Å². The molecule has 0 saturated heterocycles. The average Bonchev–Trinajstić information content (AvgIpc) is 2.66. The van der Waals surface area contributed by atoms with Crippen LogP contribution in [0.4, 0.5) is 11.6 Å². The molecule has 1 aromatic heterocycles.